The Balaban J connectivity index is 4.87. The number of aliphatic hydroxyl groups excluding tert-OH is 1. The maximum absolute atomic E-state index is 12.2. The molecule has 0 saturated carbocycles. The molecule has 0 bridgehead atoms. The van der Waals surface area contributed by atoms with E-state index < -0.39 is 54.5 Å². The van der Waals surface area contributed by atoms with Crippen LogP contribution in [0.1, 0.15) is 26.2 Å². The first-order chi connectivity index (χ1) is 12.7. The molecule has 0 aromatic rings. The molecule has 27 heavy (non-hydrogen) atoms. The predicted octanol–water partition coefficient (Wildman–Crippen LogP) is -3.08. The van der Waals surface area contributed by atoms with Crippen LogP contribution in [0.2, 0.25) is 0 Å². The third-order valence-electron chi connectivity index (χ3n) is 3.61. The van der Waals surface area contributed by atoms with E-state index in [4.69, 9.17) is 16.6 Å². The lowest BCUT2D eigenvalue weighted by atomic mass is 10.1. The Hall–Kier alpha value is -1.89. The van der Waals surface area contributed by atoms with Gasteiger partial charge < -0.3 is 37.6 Å². The quantitative estimate of drug-likeness (QED) is 0.116. The molecule has 0 rings (SSSR count). The van der Waals surface area contributed by atoms with E-state index in [0.717, 1.165) is 0 Å². The summed E-state index contributed by atoms with van der Waals surface area (Å²) < 4.78 is 0. The van der Waals surface area contributed by atoms with E-state index in [9.17, 15) is 24.3 Å². The molecule has 3 amide bonds. The van der Waals surface area contributed by atoms with Gasteiger partial charge in [0, 0.05) is 5.75 Å². The SMILES string of the molecule is CC(N)C(=O)NC(CS)C(=O)NC(CO)C(=O)NC(CCCCN)C(=O)O. The van der Waals surface area contributed by atoms with Crippen molar-refractivity contribution in [1.82, 2.24) is 16.0 Å². The van der Waals surface area contributed by atoms with Crippen LogP contribution in [0.5, 0.6) is 0 Å². The second-order valence-corrected chi connectivity index (χ2v) is 6.33. The predicted molar refractivity (Wildman–Crippen MR) is 101 cm³/mol. The number of thiol groups is 1. The average Bonchev–Trinajstić information content (AvgIpc) is 2.62. The first-order valence-electron chi connectivity index (χ1n) is 8.49. The van der Waals surface area contributed by atoms with Crippen molar-refractivity contribution in [3.8, 4) is 0 Å². The highest BCUT2D eigenvalue weighted by Crippen LogP contribution is 2.02. The van der Waals surface area contributed by atoms with Crippen LogP contribution < -0.4 is 27.4 Å². The molecule has 0 aliphatic heterocycles. The molecule has 0 fully saturated rings. The fraction of sp³-hybridized carbons (Fsp3) is 0.733. The minimum atomic E-state index is -1.39. The standard InChI is InChI=1S/C15H29N5O6S/c1-8(17)12(22)20-11(7-27)14(24)19-10(6-21)13(23)18-9(15(25)26)4-2-3-5-16/h8-11,21,27H,2-7,16-17H2,1H3,(H,18,23)(H,19,24)(H,20,22)(H,25,26). The molecule has 0 spiro atoms. The van der Waals surface area contributed by atoms with Gasteiger partial charge in [-0.3, -0.25) is 14.4 Å². The molecule has 0 radical (unpaired) electrons. The number of aliphatic carboxylic acids is 1. The van der Waals surface area contributed by atoms with Crippen LogP contribution in [0.4, 0.5) is 0 Å². The fourth-order valence-electron chi connectivity index (χ4n) is 1.99. The molecule has 4 atom stereocenters. The number of carbonyl (C=O) groups is 4. The van der Waals surface area contributed by atoms with E-state index in [2.05, 4.69) is 28.6 Å². The fourth-order valence-corrected chi connectivity index (χ4v) is 2.24. The smallest absolute Gasteiger partial charge is 0.326 e. The lowest BCUT2D eigenvalue weighted by Crippen LogP contribution is -2.58. The van der Waals surface area contributed by atoms with Crippen LogP contribution in [0.15, 0.2) is 0 Å². The number of rotatable bonds is 13. The number of carboxylic acids is 1. The maximum atomic E-state index is 12.2. The zero-order chi connectivity index (χ0) is 21.0. The Morgan fingerprint density at radius 2 is 1.48 bits per heavy atom. The summed E-state index contributed by atoms with van der Waals surface area (Å²) >= 11 is 3.96. The highest BCUT2D eigenvalue weighted by Gasteiger charge is 2.28. The summed E-state index contributed by atoms with van der Waals surface area (Å²) in [6, 6.07) is -4.48. The molecule has 12 heteroatoms. The Kier molecular flexibility index (Phi) is 12.4. The van der Waals surface area contributed by atoms with Gasteiger partial charge in [0.25, 0.3) is 0 Å². The van der Waals surface area contributed by atoms with Gasteiger partial charge in [0.1, 0.15) is 18.1 Å². The summed E-state index contributed by atoms with van der Waals surface area (Å²) in [5.74, 6) is -3.51. The van der Waals surface area contributed by atoms with Crippen molar-refractivity contribution < 1.29 is 29.4 Å². The van der Waals surface area contributed by atoms with E-state index in [1.807, 2.05) is 0 Å². The molecule has 0 aromatic carbocycles. The molecule has 0 heterocycles. The first-order valence-corrected chi connectivity index (χ1v) is 9.12. The Morgan fingerprint density at radius 3 is 1.93 bits per heavy atom. The monoisotopic (exact) mass is 407 g/mol. The zero-order valence-electron chi connectivity index (χ0n) is 15.2. The highest BCUT2D eigenvalue weighted by atomic mass is 32.1. The average molecular weight is 407 g/mol. The van der Waals surface area contributed by atoms with Crippen molar-refractivity contribution >= 4 is 36.3 Å². The summed E-state index contributed by atoms with van der Waals surface area (Å²) in [4.78, 5) is 47.2. The summed E-state index contributed by atoms with van der Waals surface area (Å²) in [5, 5.41) is 25.4. The van der Waals surface area contributed by atoms with Crippen molar-refractivity contribution in [3.05, 3.63) is 0 Å². The maximum Gasteiger partial charge on any atom is 0.326 e. The molecular weight excluding hydrogens is 378 g/mol. The number of carboxylic acid groups (broad SMARTS) is 1. The van der Waals surface area contributed by atoms with Gasteiger partial charge in [0.15, 0.2) is 0 Å². The number of unbranched alkanes of at least 4 members (excludes halogenated alkanes) is 1. The van der Waals surface area contributed by atoms with Crippen molar-refractivity contribution in [2.75, 3.05) is 18.9 Å². The second kappa shape index (κ2) is 13.3. The summed E-state index contributed by atoms with van der Waals surface area (Å²) in [6.45, 7) is 1.07. The topological polar surface area (TPSA) is 197 Å². The number of hydrogen-bond acceptors (Lipinski definition) is 8. The van der Waals surface area contributed by atoms with Crippen LogP contribution in [-0.2, 0) is 19.2 Å². The Morgan fingerprint density at radius 1 is 0.963 bits per heavy atom. The normalized spacial score (nSPS) is 15.1. The van der Waals surface area contributed by atoms with Gasteiger partial charge >= 0.3 is 5.97 Å². The Bertz CT molecular complexity index is 519. The molecule has 0 saturated heterocycles. The van der Waals surface area contributed by atoms with E-state index in [1.54, 1.807) is 0 Å². The first kappa shape index (κ1) is 25.1. The van der Waals surface area contributed by atoms with Gasteiger partial charge in [-0.2, -0.15) is 12.6 Å². The van der Waals surface area contributed by atoms with Crippen LogP contribution in [0.25, 0.3) is 0 Å². The molecule has 9 N–H and O–H groups in total. The van der Waals surface area contributed by atoms with Crippen LogP contribution in [0, 0.1) is 0 Å². The van der Waals surface area contributed by atoms with Crippen LogP contribution in [-0.4, -0.2) is 77.0 Å². The molecule has 4 unspecified atom stereocenters. The Labute approximate surface area is 163 Å². The number of amides is 3. The number of carbonyl (C=O) groups excluding carboxylic acids is 3. The van der Waals surface area contributed by atoms with Crippen molar-refractivity contribution in [1.29, 1.82) is 0 Å². The third-order valence-corrected chi connectivity index (χ3v) is 3.97. The van der Waals surface area contributed by atoms with Crippen molar-refractivity contribution in [2.45, 2.75) is 50.4 Å². The molecule has 11 nitrogen and oxygen atoms in total. The van der Waals surface area contributed by atoms with Gasteiger partial charge in [-0.25, -0.2) is 4.79 Å². The van der Waals surface area contributed by atoms with E-state index in [0.29, 0.717) is 19.4 Å². The number of nitrogens with two attached hydrogens (primary N) is 2. The van der Waals surface area contributed by atoms with Gasteiger partial charge in [-0.1, -0.05) is 0 Å². The summed E-state index contributed by atoms with van der Waals surface area (Å²) in [6.07, 6.45) is 1.26. The molecular formula is C15H29N5O6S. The van der Waals surface area contributed by atoms with Gasteiger partial charge in [0.2, 0.25) is 17.7 Å². The van der Waals surface area contributed by atoms with Crippen molar-refractivity contribution in [3.63, 3.8) is 0 Å². The van der Waals surface area contributed by atoms with E-state index >= 15 is 0 Å². The number of aliphatic hydroxyl groups is 1. The minimum Gasteiger partial charge on any atom is -0.480 e. The molecule has 0 aromatic heterocycles. The highest BCUT2D eigenvalue weighted by molar-refractivity contribution is 7.80. The third kappa shape index (κ3) is 9.56. The lowest BCUT2D eigenvalue weighted by Gasteiger charge is -2.23. The largest absolute Gasteiger partial charge is 0.480 e. The summed E-state index contributed by atoms with van der Waals surface area (Å²) in [7, 11) is 0. The van der Waals surface area contributed by atoms with E-state index in [1.165, 1.54) is 6.92 Å². The van der Waals surface area contributed by atoms with Gasteiger partial charge in [0.05, 0.1) is 12.6 Å². The zero-order valence-corrected chi connectivity index (χ0v) is 16.1. The minimum absolute atomic E-state index is 0.0686. The summed E-state index contributed by atoms with van der Waals surface area (Å²) in [5.41, 5.74) is 10.8. The van der Waals surface area contributed by atoms with Gasteiger partial charge in [-0.05, 0) is 32.7 Å². The molecule has 156 valence electrons. The van der Waals surface area contributed by atoms with Gasteiger partial charge in [-0.15, -0.1) is 0 Å². The number of hydrogen-bond donors (Lipinski definition) is 8. The van der Waals surface area contributed by atoms with Crippen molar-refractivity contribution in [2.24, 2.45) is 11.5 Å². The molecule has 0 aliphatic rings. The van der Waals surface area contributed by atoms with Crippen LogP contribution >= 0.6 is 12.6 Å². The molecule has 0 aliphatic carbocycles. The lowest BCUT2D eigenvalue weighted by molar-refractivity contribution is -0.142. The van der Waals surface area contributed by atoms with Crippen LogP contribution in [0.3, 0.4) is 0 Å². The number of nitrogens with one attached hydrogen (secondary N) is 3. The van der Waals surface area contributed by atoms with E-state index in [-0.39, 0.29) is 12.2 Å². The second-order valence-electron chi connectivity index (χ2n) is 5.96.